The minimum atomic E-state index is -4.28. The number of rotatable bonds is 2. The molecule has 21 heavy (non-hydrogen) atoms. The number of thioether (sulfide) groups is 1. The number of benzene rings is 1. The third-order valence-electron chi connectivity index (χ3n) is 4.03. The summed E-state index contributed by atoms with van der Waals surface area (Å²) in [5, 5.41) is 0. The molecule has 0 saturated carbocycles. The lowest BCUT2D eigenvalue weighted by atomic mass is 9.74. The number of hydrogen-bond donors (Lipinski definition) is 0. The first-order chi connectivity index (χ1) is 9.68. The fourth-order valence-corrected chi connectivity index (χ4v) is 3.74. The zero-order valence-electron chi connectivity index (χ0n) is 12.6. The largest absolute Gasteiger partial charge is 0.417 e. The van der Waals surface area contributed by atoms with Crippen LogP contribution in [0.3, 0.4) is 0 Å². The molecule has 1 aromatic carbocycles. The zero-order chi connectivity index (χ0) is 15.7. The van der Waals surface area contributed by atoms with Gasteiger partial charge in [-0.25, -0.2) is 0 Å². The first-order valence-electron chi connectivity index (χ1n) is 7.21. The van der Waals surface area contributed by atoms with Gasteiger partial charge in [-0.3, -0.25) is 0 Å². The van der Waals surface area contributed by atoms with Crippen LogP contribution in [0.25, 0.3) is 0 Å². The Morgan fingerprint density at radius 2 is 1.76 bits per heavy atom. The van der Waals surface area contributed by atoms with Crippen molar-refractivity contribution in [2.24, 2.45) is 11.3 Å². The van der Waals surface area contributed by atoms with Crippen molar-refractivity contribution in [1.82, 2.24) is 0 Å². The van der Waals surface area contributed by atoms with Gasteiger partial charge in [0.05, 0.1) is 5.56 Å². The first kappa shape index (κ1) is 16.5. The molecule has 0 N–H and O–H groups in total. The van der Waals surface area contributed by atoms with Crippen LogP contribution in [0.2, 0.25) is 0 Å². The summed E-state index contributed by atoms with van der Waals surface area (Å²) in [6, 6.07) is 5.82. The van der Waals surface area contributed by atoms with E-state index in [1.807, 2.05) is 0 Å². The van der Waals surface area contributed by atoms with Crippen molar-refractivity contribution < 1.29 is 13.2 Å². The van der Waals surface area contributed by atoms with E-state index >= 15 is 0 Å². The molecule has 0 spiro atoms. The van der Waals surface area contributed by atoms with Gasteiger partial charge >= 0.3 is 6.18 Å². The Hall–Kier alpha value is -0.900. The molecule has 2 rings (SSSR count). The van der Waals surface area contributed by atoms with Crippen molar-refractivity contribution in [3.05, 3.63) is 40.8 Å². The highest BCUT2D eigenvalue weighted by atomic mass is 32.2. The van der Waals surface area contributed by atoms with Crippen LogP contribution in [0.1, 0.15) is 45.6 Å². The Labute approximate surface area is 128 Å². The van der Waals surface area contributed by atoms with Crippen LogP contribution in [0.5, 0.6) is 0 Å². The standard InChI is InChI=1S/C17H21F3S/c1-16(2,3)12-8-10-13(11-9-12)21-15-7-5-4-6-14(15)17(18,19)20/h4-7,10,12H,8-9,11H2,1-3H3. The van der Waals surface area contributed by atoms with Crippen LogP contribution in [-0.2, 0) is 6.18 Å². The molecular formula is C17H21F3S. The highest BCUT2D eigenvalue weighted by Gasteiger charge is 2.34. The summed E-state index contributed by atoms with van der Waals surface area (Å²) < 4.78 is 39.0. The molecule has 0 amide bonds. The Bertz CT molecular complexity index is 524. The summed E-state index contributed by atoms with van der Waals surface area (Å²) in [4.78, 5) is 1.37. The lowest BCUT2D eigenvalue weighted by molar-refractivity contribution is -0.139. The maximum absolute atomic E-state index is 13.0. The molecule has 116 valence electrons. The summed E-state index contributed by atoms with van der Waals surface area (Å²) in [5.41, 5.74) is -0.273. The zero-order valence-corrected chi connectivity index (χ0v) is 13.4. The van der Waals surface area contributed by atoms with Gasteiger partial charge in [-0.2, -0.15) is 13.2 Å². The molecular weight excluding hydrogens is 293 g/mol. The number of hydrogen-bond acceptors (Lipinski definition) is 1. The summed E-state index contributed by atoms with van der Waals surface area (Å²) in [7, 11) is 0. The molecule has 0 saturated heterocycles. The maximum Gasteiger partial charge on any atom is 0.417 e. The van der Waals surface area contributed by atoms with E-state index in [1.165, 1.54) is 17.8 Å². The molecule has 0 nitrogen and oxygen atoms in total. The number of alkyl halides is 3. The molecule has 1 aromatic rings. The Balaban J connectivity index is 2.13. The van der Waals surface area contributed by atoms with Crippen molar-refractivity contribution in [3.8, 4) is 0 Å². The Morgan fingerprint density at radius 3 is 2.29 bits per heavy atom. The van der Waals surface area contributed by atoms with Crippen LogP contribution in [0, 0.1) is 11.3 Å². The minimum Gasteiger partial charge on any atom is -0.166 e. The molecule has 0 heterocycles. The minimum absolute atomic E-state index is 0.260. The highest BCUT2D eigenvalue weighted by Crippen LogP contribution is 2.44. The fourth-order valence-electron chi connectivity index (χ4n) is 2.62. The number of allylic oxidation sites excluding steroid dienone is 2. The summed E-state index contributed by atoms with van der Waals surface area (Å²) in [5.74, 6) is 0.611. The quantitative estimate of drug-likeness (QED) is 0.598. The van der Waals surface area contributed by atoms with Gasteiger partial charge in [0.1, 0.15) is 0 Å². The average molecular weight is 314 g/mol. The predicted octanol–water partition coefficient (Wildman–Crippen LogP) is 6.53. The topological polar surface area (TPSA) is 0 Å². The van der Waals surface area contributed by atoms with Gasteiger partial charge < -0.3 is 0 Å². The van der Waals surface area contributed by atoms with E-state index in [2.05, 4.69) is 26.8 Å². The van der Waals surface area contributed by atoms with Crippen molar-refractivity contribution >= 4 is 11.8 Å². The molecule has 1 atom stereocenters. The second-order valence-electron chi connectivity index (χ2n) is 6.60. The van der Waals surface area contributed by atoms with E-state index in [9.17, 15) is 13.2 Å². The van der Waals surface area contributed by atoms with Crippen molar-refractivity contribution in [1.29, 1.82) is 0 Å². The molecule has 1 aliphatic rings. The van der Waals surface area contributed by atoms with E-state index in [0.29, 0.717) is 10.8 Å². The van der Waals surface area contributed by atoms with Crippen molar-refractivity contribution in [2.75, 3.05) is 0 Å². The van der Waals surface area contributed by atoms with Crippen molar-refractivity contribution in [2.45, 2.75) is 51.1 Å². The molecule has 1 unspecified atom stereocenters. The van der Waals surface area contributed by atoms with Gasteiger partial charge in [0.15, 0.2) is 0 Å². The van der Waals surface area contributed by atoms with Gasteiger partial charge in [-0.1, -0.05) is 50.7 Å². The molecule has 0 bridgehead atoms. The summed E-state index contributed by atoms with van der Waals surface area (Å²) >= 11 is 1.27. The van der Waals surface area contributed by atoms with Gasteiger partial charge in [0.2, 0.25) is 0 Å². The number of halogens is 3. The SMILES string of the molecule is CC(C)(C)C1CC=C(Sc2ccccc2C(F)(F)F)CC1. The maximum atomic E-state index is 13.0. The molecule has 0 fully saturated rings. The lowest BCUT2D eigenvalue weighted by Crippen LogP contribution is -2.21. The van der Waals surface area contributed by atoms with Crippen LogP contribution in [-0.4, -0.2) is 0 Å². The van der Waals surface area contributed by atoms with E-state index < -0.39 is 11.7 Å². The Kier molecular flexibility index (Phi) is 4.76. The summed E-state index contributed by atoms with van der Waals surface area (Å²) in [6.07, 6.45) is 0.722. The van der Waals surface area contributed by atoms with Crippen molar-refractivity contribution in [3.63, 3.8) is 0 Å². The molecule has 0 aromatic heterocycles. The molecule has 1 aliphatic carbocycles. The second kappa shape index (κ2) is 6.07. The van der Waals surface area contributed by atoms with Gasteiger partial charge in [-0.05, 0) is 47.6 Å². The highest BCUT2D eigenvalue weighted by molar-refractivity contribution is 8.03. The monoisotopic (exact) mass is 314 g/mol. The third-order valence-corrected chi connectivity index (χ3v) is 5.24. The molecule has 4 heteroatoms. The fraction of sp³-hybridized carbons (Fsp3) is 0.529. The van der Waals surface area contributed by atoms with Crippen LogP contribution in [0.15, 0.2) is 40.1 Å². The van der Waals surface area contributed by atoms with Crippen LogP contribution < -0.4 is 0 Å². The van der Waals surface area contributed by atoms with E-state index in [0.717, 1.165) is 30.2 Å². The molecule has 0 radical (unpaired) electrons. The van der Waals surface area contributed by atoms with E-state index in [-0.39, 0.29) is 5.41 Å². The summed E-state index contributed by atoms with van der Waals surface area (Å²) in [6.45, 7) is 6.67. The Morgan fingerprint density at radius 1 is 1.10 bits per heavy atom. The van der Waals surface area contributed by atoms with Crippen LogP contribution >= 0.6 is 11.8 Å². The lowest BCUT2D eigenvalue weighted by Gasteiger charge is -2.33. The average Bonchev–Trinajstić information content (AvgIpc) is 2.37. The van der Waals surface area contributed by atoms with E-state index in [1.54, 1.807) is 12.1 Å². The van der Waals surface area contributed by atoms with Gasteiger partial charge in [0, 0.05) is 4.90 Å². The van der Waals surface area contributed by atoms with E-state index in [4.69, 9.17) is 0 Å². The van der Waals surface area contributed by atoms with Gasteiger partial charge in [0.25, 0.3) is 0 Å². The van der Waals surface area contributed by atoms with Gasteiger partial charge in [-0.15, -0.1) is 0 Å². The normalized spacial score (nSPS) is 20.3. The van der Waals surface area contributed by atoms with Crippen LogP contribution in [0.4, 0.5) is 13.2 Å². The molecule has 0 aliphatic heterocycles. The third kappa shape index (κ3) is 4.29. The smallest absolute Gasteiger partial charge is 0.166 e. The second-order valence-corrected chi connectivity index (χ2v) is 7.77. The predicted molar refractivity (Wildman–Crippen MR) is 82.2 cm³/mol. The first-order valence-corrected chi connectivity index (χ1v) is 8.02.